The fourth-order valence-corrected chi connectivity index (χ4v) is 2.15. The van der Waals surface area contributed by atoms with Crippen LogP contribution in [0.5, 0.6) is 5.75 Å². The van der Waals surface area contributed by atoms with Crippen LogP contribution in [0.3, 0.4) is 0 Å². The van der Waals surface area contributed by atoms with E-state index in [2.05, 4.69) is 16.7 Å². The lowest BCUT2D eigenvalue weighted by Gasteiger charge is -2.20. The largest absolute Gasteiger partial charge is 0.493 e. The van der Waals surface area contributed by atoms with E-state index in [-0.39, 0.29) is 5.91 Å². The zero-order valence-electron chi connectivity index (χ0n) is 10.8. The second-order valence-corrected chi connectivity index (χ2v) is 4.44. The Kier molecular flexibility index (Phi) is 4.45. The van der Waals surface area contributed by atoms with Crippen molar-refractivity contribution in [3.63, 3.8) is 0 Å². The van der Waals surface area contributed by atoms with Gasteiger partial charge in [-0.25, -0.2) is 0 Å². The van der Waals surface area contributed by atoms with Crippen LogP contribution in [0.25, 0.3) is 0 Å². The minimum atomic E-state index is 0.0651. The Hall–Kier alpha value is -1.71. The van der Waals surface area contributed by atoms with E-state index in [1.54, 1.807) is 7.05 Å². The summed E-state index contributed by atoms with van der Waals surface area (Å²) in [5.74, 6) is 1.02. The summed E-state index contributed by atoms with van der Waals surface area (Å²) in [6, 6.07) is 6.10. The van der Waals surface area contributed by atoms with Crippen LogP contribution in [0.1, 0.15) is 24.8 Å². The van der Waals surface area contributed by atoms with Crippen molar-refractivity contribution in [2.24, 2.45) is 0 Å². The van der Waals surface area contributed by atoms with Crippen LogP contribution in [-0.4, -0.2) is 26.1 Å². The van der Waals surface area contributed by atoms with E-state index >= 15 is 0 Å². The van der Waals surface area contributed by atoms with Gasteiger partial charge >= 0.3 is 0 Å². The minimum absolute atomic E-state index is 0.0651. The molecule has 0 spiro atoms. The van der Waals surface area contributed by atoms with Crippen molar-refractivity contribution < 1.29 is 9.53 Å². The summed E-state index contributed by atoms with van der Waals surface area (Å²) in [6.07, 6.45) is 3.47. The Bertz CT molecular complexity index is 418. The second kappa shape index (κ2) is 6.28. The van der Waals surface area contributed by atoms with Crippen molar-refractivity contribution in [1.29, 1.82) is 0 Å². The first-order valence-corrected chi connectivity index (χ1v) is 6.50. The molecule has 0 aliphatic carbocycles. The van der Waals surface area contributed by atoms with Crippen LogP contribution < -0.4 is 15.4 Å². The van der Waals surface area contributed by atoms with Crippen LogP contribution >= 0.6 is 0 Å². The van der Waals surface area contributed by atoms with E-state index in [4.69, 9.17) is 4.74 Å². The van der Waals surface area contributed by atoms with Gasteiger partial charge in [0.25, 0.3) is 0 Å². The Morgan fingerprint density at radius 3 is 3.22 bits per heavy atom. The van der Waals surface area contributed by atoms with Crippen LogP contribution in [0.4, 0.5) is 5.69 Å². The highest BCUT2D eigenvalue weighted by Gasteiger charge is 2.13. The lowest BCUT2D eigenvalue weighted by Crippen LogP contribution is -2.18. The summed E-state index contributed by atoms with van der Waals surface area (Å²) >= 11 is 0. The zero-order valence-corrected chi connectivity index (χ0v) is 10.8. The Morgan fingerprint density at radius 1 is 1.50 bits per heavy atom. The topological polar surface area (TPSA) is 50.4 Å². The molecule has 2 rings (SSSR count). The summed E-state index contributed by atoms with van der Waals surface area (Å²) in [6.45, 7) is 1.62. The van der Waals surface area contributed by atoms with Gasteiger partial charge in [0, 0.05) is 31.3 Å². The predicted molar refractivity (Wildman–Crippen MR) is 72.0 cm³/mol. The predicted octanol–water partition coefficient (Wildman–Crippen LogP) is 1.95. The average Bonchev–Trinajstić information content (AvgIpc) is 2.43. The van der Waals surface area contributed by atoms with Gasteiger partial charge in [0.15, 0.2) is 0 Å². The molecule has 1 aliphatic rings. The highest BCUT2D eigenvalue weighted by molar-refractivity contribution is 5.75. The van der Waals surface area contributed by atoms with Gasteiger partial charge in [0.1, 0.15) is 5.75 Å². The molecule has 1 aromatic rings. The fraction of sp³-hybridized carbons (Fsp3) is 0.500. The Labute approximate surface area is 108 Å². The van der Waals surface area contributed by atoms with E-state index < -0.39 is 0 Å². The fourth-order valence-electron chi connectivity index (χ4n) is 2.15. The van der Waals surface area contributed by atoms with Gasteiger partial charge in [0.05, 0.1) is 6.61 Å². The van der Waals surface area contributed by atoms with E-state index in [0.29, 0.717) is 13.0 Å². The van der Waals surface area contributed by atoms with Gasteiger partial charge < -0.3 is 15.4 Å². The number of hydrogen-bond donors (Lipinski definition) is 2. The monoisotopic (exact) mass is 248 g/mol. The summed E-state index contributed by atoms with van der Waals surface area (Å²) in [5.41, 5.74) is 2.45. The molecule has 0 bridgehead atoms. The molecule has 1 amide bonds. The van der Waals surface area contributed by atoms with Crippen LogP contribution in [0.15, 0.2) is 18.2 Å². The molecule has 0 unspecified atom stereocenters. The first-order chi connectivity index (χ1) is 8.81. The molecule has 1 heterocycles. The average molecular weight is 248 g/mol. The third-order valence-electron chi connectivity index (χ3n) is 3.14. The molecule has 0 radical (unpaired) electrons. The van der Waals surface area contributed by atoms with Crippen molar-refractivity contribution in [3.05, 3.63) is 23.8 Å². The number of hydrogen-bond acceptors (Lipinski definition) is 3. The van der Waals surface area contributed by atoms with E-state index in [1.807, 2.05) is 12.1 Å². The normalized spacial score (nSPS) is 13.4. The molecular weight excluding hydrogens is 228 g/mol. The number of rotatable bonds is 5. The number of benzene rings is 1. The number of ether oxygens (including phenoxy) is 1. The van der Waals surface area contributed by atoms with Gasteiger partial charge in [-0.2, -0.15) is 0 Å². The lowest BCUT2D eigenvalue weighted by molar-refractivity contribution is -0.120. The van der Waals surface area contributed by atoms with Crippen molar-refractivity contribution in [3.8, 4) is 5.75 Å². The molecule has 98 valence electrons. The maximum absolute atomic E-state index is 11.1. The van der Waals surface area contributed by atoms with E-state index in [1.165, 1.54) is 11.3 Å². The summed E-state index contributed by atoms with van der Waals surface area (Å²) in [4.78, 5) is 11.1. The molecule has 0 fully saturated rings. The highest BCUT2D eigenvalue weighted by atomic mass is 16.5. The van der Waals surface area contributed by atoms with Crippen LogP contribution in [-0.2, 0) is 11.2 Å². The standard InChI is InChI=1S/C14H20N2O2/c1-15-14(17)8-4-10-18-13-7-2-6-12-11(13)5-3-9-16-12/h2,6-7,16H,3-5,8-10H2,1H3,(H,15,17). The lowest BCUT2D eigenvalue weighted by atomic mass is 10.0. The third-order valence-corrected chi connectivity index (χ3v) is 3.14. The van der Waals surface area contributed by atoms with Crippen LogP contribution in [0.2, 0.25) is 0 Å². The number of fused-ring (bicyclic) bond motifs is 1. The van der Waals surface area contributed by atoms with Gasteiger partial charge in [-0.1, -0.05) is 6.07 Å². The number of nitrogens with one attached hydrogen (secondary N) is 2. The molecule has 18 heavy (non-hydrogen) atoms. The number of amides is 1. The maximum Gasteiger partial charge on any atom is 0.219 e. The SMILES string of the molecule is CNC(=O)CCCOc1cccc2c1CCCN2. The first kappa shape index (κ1) is 12.7. The number of carbonyl (C=O) groups is 1. The quantitative estimate of drug-likeness (QED) is 0.783. The van der Waals surface area contributed by atoms with Gasteiger partial charge in [0.2, 0.25) is 5.91 Å². The summed E-state index contributed by atoms with van der Waals surface area (Å²) < 4.78 is 5.78. The Balaban J connectivity index is 1.88. The summed E-state index contributed by atoms with van der Waals surface area (Å²) in [5, 5.41) is 5.99. The molecule has 1 aliphatic heterocycles. The molecule has 0 saturated carbocycles. The molecule has 0 saturated heterocycles. The van der Waals surface area contributed by atoms with Crippen molar-refractivity contribution in [2.75, 3.05) is 25.5 Å². The van der Waals surface area contributed by atoms with E-state index in [0.717, 1.165) is 31.6 Å². The number of carbonyl (C=O) groups excluding carboxylic acids is 1. The van der Waals surface area contributed by atoms with Crippen molar-refractivity contribution >= 4 is 11.6 Å². The molecule has 1 aromatic carbocycles. The first-order valence-electron chi connectivity index (χ1n) is 6.50. The second-order valence-electron chi connectivity index (χ2n) is 4.44. The molecule has 4 nitrogen and oxygen atoms in total. The molecule has 4 heteroatoms. The highest BCUT2D eigenvalue weighted by Crippen LogP contribution is 2.30. The Morgan fingerprint density at radius 2 is 2.39 bits per heavy atom. The van der Waals surface area contributed by atoms with Crippen molar-refractivity contribution in [2.45, 2.75) is 25.7 Å². The molecule has 0 atom stereocenters. The minimum Gasteiger partial charge on any atom is -0.493 e. The summed E-state index contributed by atoms with van der Waals surface area (Å²) in [7, 11) is 1.66. The van der Waals surface area contributed by atoms with Crippen LogP contribution in [0, 0.1) is 0 Å². The molecule has 2 N–H and O–H groups in total. The van der Waals surface area contributed by atoms with Crippen molar-refractivity contribution in [1.82, 2.24) is 5.32 Å². The van der Waals surface area contributed by atoms with Gasteiger partial charge in [-0.3, -0.25) is 4.79 Å². The molecule has 0 aromatic heterocycles. The maximum atomic E-state index is 11.1. The number of anilines is 1. The van der Waals surface area contributed by atoms with Gasteiger partial charge in [-0.15, -0.1) is 0 Å². The van der Waals surface area contributed by atoms with Gasteiger partial charge in [-0.05, 0) is 31.4 Å². The smallest absolute Gasteiger partial charge is 0.219 e. The molecular formula is C14H20N2O2. The third kappa shape index (κ3) is 3.15. The van der Waals surface area contributed by atoms with E-state index in [9.17, 15) is 4.79 Å². The zero-order chi connectivity index (χ0) is 12.8.